The third-order valence-electron chi connectivity index (χ3n) is 4.33. The Morgan fingerprint density at radius 1 is 1.26 bits per heavy atom. The number of nitrogens with one attached hydrogen (secondary N) is 1. The van der Waals surface area contributed by atoms with E-state index in [1.807, 2.05) is 38.2 Å². The van der Waals surface area contributed by atoms with Crippen molar-refractivity contribution in [2.45, 2.75) is 45.4 Å². The van der Waals surface area contributed by atoms with Crippen molar-refractivity contribution in [1.82, 2.24) is 14.9 Å². The monoisotopic (exact) mass is 369 g/mol. The van der Waals surface area contributed by atoms with Crippen LogP contribution in [0.3, 0.4) is 0 Å². The van der Waals surface area contributed by atoms with E-state index in [2.05, 4.69) is 10.3 Å². The number of benzene rings is 1. The second kappa shape index (κ2) is 7.48. The number of pyridine rings is 1. The van der Waals surface area contributed by atoms with Crippen LogP contribution in [-0.2, 0) is 11.3 Å². The zero-order chi connectivity index (χ0) is 19.6. The van der Waals surface area contributed by atoms with E-state index in [4.69, 9.17) is 0 Å². The van der Waals surface area contributed by atoms with Gasteiger partial charge in [-0.2, -0.15) is 0 Å². The van der Waals surface area contributed by atoms with Crippen LogP contribution >= 0.6 is 0 Å². The molecule has 2 aliphatic rings. The molecule has 0 fully saturated rings. The van der Waals surface area contributed by atoms with E-state index in [-0.39, 0.29) is 18.3 Å². The van der Waals surface area contributed by atoms with Crippen molar-refractivity contribution < 1.29 is 14.3 Å². The SMILES string of the molecule is C[C@H](O)CC(C)(C)NC(=O)Cn1cccc2cc(-c3ccc(F)cc3)nc1-2. The van der Waals surface area contributed by atoms with Gasteiger partial charge >= 0.3 is 0 Å². The molecule has 5 nitrogen and oxygen atoms in total. The highest BCUT2D eigenvalue weighted by atomic mass is 19.1. The fraction of sp³-hybridized carbons (Fsp3) is 0.333. The van der Waals surface area contributed by atoms with Crippen LogP contribution in [-0.4, -0.2) is 32.2 Å². The molecule has 2 heterocycles. The first-order valence-corrected chi connectivity index (χ1v) is 8.94. The summed E-state index contributed by atoms with van der Waals surface area (Å²) >= 11 is 0. The summed E-state index contributed by atoms with van der Waals surface area (Å²) in [4.78, 5) is 17.1. The average Bonchev–Trinajstić information content (AvgIpc) is 2.98. The average molecular weight is 369 g/mol. The highest BCUT2D eigenvalue weighted by molar-refractivity contribution is 5.78. The molecule has 142 valence electrons. The van der Waals surface area contributed by atoms with Gasteiger partial charge in [0.05, 0.1) is 11.8 Å². The number of aliphatic hydroxyl groups excluding tert-OH is 1. The van der Waals surface area contributed by atoms with E-state index in [9.17, 15) is 14.3 Å². The van der Waals surface area contributed by atoms with Gasteiger partial charge in [-0.15, -0.1) is 0 Å². The van der Waals surface area contributed by atoms with Crippen molar-refractivity contribution in [3.63, 3.8) is 0 Å². The molecule has 0 saturated heterocycles. The Morgan fingerprint density at radius 3 is 2.63 bits per heavy atom. The van der Waals surface area contributed by atoms with Crippen molar-refractivity contribution in [3.8, 4) is 22.6 Å². The van der Waals surface area contributed by atoms with Gasteiger partial charge in [0.15, 0.2) is 0 Å². The lowest BCUT2D eigenvalue weighted by molar-refractivity contribution is -0.123. The van der Waals surface area contributed by atoms with Crippen LogP contribution in [0, 0.1) is 5.82 Å². The Balaban J connectivity index is 1.81. The van der Waals surface area contributed by atoms with Gasteiger partial charge in [-0.3, -0.25) is 4.79 Å². The molecule has 0 aromatic heterocycles. The maximum Gasteiger partial charge on any atom is 0.240 e. The summed E-state index contributed by atoms with van der Waals surface area (Å²) in [7, 11) is 0. The van der Waals surface area contributed by atoms with Crippen molar-refractivity contribution in [3.05, 3.63) is 54.5 Å². The molecule has 1 aromatic carbocycles. The summed E-state index contributed by atoms with van der Waals surface area (Å²) in [6.45, 7) is 5.60. The number of amides is 1. The Kier molecular flexibility index (Phi) is 5.28. The van der Waals surface area contributed by atoms with Gasteiger partial charge < -0.3 is 15.0 Å². The first-order chi connectivity index (χ1) is 12.7. The molecule has 0 unspecified atom stereocenters. The predicted molar refractivity (Wildman–Crippen MR) is 103 cm³/mol. The van der Waals surface area contributed by atoms with Crippen LogP contribution in [0.25, 0.3) is 22.6 Å². The number of carbonyl (C=O) groups is 1. The molecule has 0 bridgehead atoms. The number of rotatable bonds is 6. The maximum absolute atomic E-state index is 13.1. The molecule has 0 radical (unpaired) electrons. The van der Waals surface area contributed by atoms with Crippen LogP contribution in [0.15, 0.2) is 48.7 Å². The first kappa shape index (κ1) is 19.0. The number of fused-ring (bicyclic) bond motifs is 1. The fourth-order valence-electron chi connectivity index (χ4n) is 3.35. The fourth-order valence-corrected chi connectivity index (χ4v) is 3.35. The van der Waals surface area contributed by atoms with Crippen LogP contribution in [0.5, 0.6) is 0 Å². The van der Waals surface area contributed by atoms with E-state index >= 15 is 0 Å². The van der Waals surface area contributed by atoms with Gasteiger partial charge in [0.25, 0.3) is 0 Å². The maximum atomic E-state index is 13.1. The molecule has 1 atom stereocenters. The standard InChI is InChI=1S/C21H24FN3O2/c1-14(26)12-21(2,3)24-19(27)13-25-10-4-5-16-11-18(23-20(16)25)15-6-8-17(22)9-7-15/h4-11,14,26H,12-13H2,1-3H3,(H,24,27)/t14-/m0/s1. The predicted octanol–water partition coefficient (Wildman–Crippen LogP) is 3.46. The van der Waals surface area contributed by atoms with E-state index in [0.717, 1.165) is 16.8 Å². The molecule has 2 N–H and O–H groups in total. The second-order valence-corrected chi connectivity index (χ2v) is 7.55. The number of aliphatic hydroxyl groups is 1. The molecular formula is C21H24FN3O2. The Hall–Kier alpha value is -2.73. The number of halogens is 1. The lowest BCUT2D eigenvalue weighted by atomic mass is 9.97. The first-order valence-electron chi connectivity index (χ1n) is 8.94. The van der Waals surface area contributed by atoms with Crippen LogP contribution in [0.2, 0.25) is 0 Å². The van der Waals surface area contributed by atoms with Gasteiger partial charge in [-0.05, 0) is 69.7 Å². The van der Waals surface area contributed by atoms with Gasteiger partial charge in [-0.1, -0.05) is 0 Å². The molecule has 6 heteroatoms. The molecule has 0 aliphatic carbocycles. The summed E-state index contributed by atoms with van der Waals surface area (Å²) < 4.78 is 14.9. The van der Waals surface area contributed by atoms with Crippen LogP contribution in [0.1, 0.15) is 27.2 Å². The minimum Gasteiger partial charge on any atom is -0.393 e. The minimum atomic E-state index is -0.502. The molecule has 0 saturated carbocycles. The largest absolute Gasteiger partial charge is 0.393 e. The van der Waals surface area contributed by atoms with Crippen molar-refractivity contribution in [2.75, 3.05) is 0 Å². The van der Waals surface area contributed by atoms with Gasteiger partial charge in [0.1, 0.15) is 18.2 Å². The van der Waals surface area contributed by atoms with E-state index in [1.165, 1.54) is 12.1 Å². The molecule has 1 amide bonds. The molecule has 27 heavy (non-hydrogen) atoms. The summed E-state index contributed by atoms with van der Waals surface area (Å²) in [5.41, 5.74) is 1.97. The lowest BCUT2D eigenvalue weighted by Crippen LogP contribution is -2.46. The highest BCUT2D eigenvalue weighted by Crippen LogP contribution is 2.28. The zero-order valence-corrected chi connectivity index (χ0v) is 15.7. The summed E-state index contributed by atoms with van der Waals surface area (Å²) in [5, 5.41) is 12.5. The summed E-state index contributed by atoms with van der Waals surface area (Å²) in [5.74, 6) is 0.256. The Labute approximate surface area is 158 Å². The van der Waals surface area contributed by atoms with Gasteiger partial charge in [-0.25, -0.2) is 9.37 Å². The smallest absolute Gasteiger partial charge is 0.240 e. The van der Waals surface area contributed by atoms with Crippen LogP contribution < -0.4 is 5.32 Å². The van der Waals surface area contributed by atoms with Gasteiger partial charge in [0, 0.05) is 22.9 Å². The quantitative estimate of drug-likeness (QED) is 0.699. The number of hydrogen-bond donors (Lipinski definition) is 2. The molecule has 2 aliphatic heterocycles. The second-order valence-electron chi connectivity index (χ2n) is 7.55. The molecule has 3 rings (SSSR count). The van der Waals surface area contributed by atoms with Crippen molar-refractivity contribution in [1.29, 1.82) is 0 Å². The van der Waals surface area contributed by atoms with E-state index < -0.39 is 11.6 Å². The highest BCUT2D eigenvalue weighted by Gasteiger charge is 2.23. The summed E-state index contributed by atoms with van der Waals surface area (Å²) in [6.07, 6.45) is 1.79. The third kappa shape index (κ3) is 4.71. The zero-order valence-electron chi connectivity index (χ0n) is 15.7. The number of carbonyl (C=O) groups excluding carboxylic acids is 1. The number of nitrogens with zero attached hydrogens (tertiary/aromatic N) is 2. The van der Waals surface area contributed by atoms with Crippen LogP contribution in [0.4, 0.5) is 4.39 Å². The summed E-state index contributed by atoms with van der Waals surface area (Å²) in [6, 6.07) is 11.9. The van der Waals surface area contributed by atoms with Crippen molar-refractivity contribution in [2.24, 2.45) is 0 Å². The van der Waals surface area contributed by atoms with Gasteiger partial charge in [0.2, 0.25) is 5.91 Å². The lowest BCUT2D eigenvalue weighted by Gasteiger charge is -2.28. The number of aromatic nitrogens is 2. The molecular weight excluding hydrogens is 345 g/mol. The van der Waals surface area contributed by atoms with E-state index in [1.54, 1.807) is 23.6 Å². The van der Waals surface area contributed by atoms with Crippen molar-refractivity contribution >= 4 is 5.91 Å². The molecule has 0 spiro atoms. The topological polar surface area (TPSA) is 67.2 Å². The normalized spacial score (nSPS) is 12.9. The Bertz CT molecular complexity index is 900. The Morgan fingerprint density at radius 2 is 1.96 bits per heavy atom. The molecule has 1 aromatic rings. The minimum absolute atomic E-state index is 0.125. The third-order valence-corrected chi connectivity index (χ3v) is 4.33. The number of hydrogen-bond acceptors (Lipinski definition) is 3. The van der Waals surface area contributed by atoms with E-state index in [0.29, 0.717) is 12.2 Å².